The fourth-order valence-electron chi connectivity index (χ4n) is 2.74. The van der Waals surface area contributed by atoms with Crippen LogP contribution in [0.3, 0.4) is 0 Å². The number of thioether (sulfide) groups is 1. The van der Waals surface area contributed by atoms with Gasteiger partial charge in [0.25, 0.3) is 0 Å². The molecule has 120 valence electrons. The van der Waals surface area contributed by atoms with Crippen LogP contribution >= 0.6 is 11.8 Å². The Morgan fingerprint density at radius 1 is 1.13 bits per heavy atom. The van der Waals surface area contributed by atoms with Gasteiger partial charge in [-0.15, -0.1) is 10.2 Å². The zero-order valence-corrected chi connectivity index (χ0v) is 14.4. The molecular formula is C17H21N5S. The van der Waals surface area contributed by atoms with Crippen molar-refractivity contribution in [2.24, 2.45) is 0 Å². The van der Waals surface area contributed by atoms with Gasteiger partial charge in [-0.1, -0.05) is 29.5 Å². The van der Waals surface area contributed by atoms with Crippen molar-refractivity contribution in [1.82, 2.24) is 14.8 Å². The number of aryl methyl sites for hydroxylation is 1. The van der Waals surface area contributed by atoms with Gasteiger partial charge in [0.05, 0.1) is 17.0 Å². The second-order valence-electron chi connectivity index (χ2n) is 5.89. The Morgan fingerprint density at radius 3 is 2.48 bits per heavy atom. The van der Waals surface area contributed by atoms with Crippen molar-refractivity contribution in [2.75, 3.05) is 18.0 Å². The Kier molecular flexibility index (Phi) is 4.87. The Morgan fingerprint density at radius 2 is 1.83 bits per heavy atom. The standard InChI is InChI=1S/C17H21N5S/c1-13-6-8-15(9-7-13)22-16(21-10-4-3-5-11-21)19-20-17(22)23-14(2)12-18/h6-9,14H,3-5,10-11H2,1-2H3/t14-/m0/s1. The fraction of sp³-hybridized carbons (Fsp3) is 0.471. The monoisotopic (exact) mass is 327 g/mol. The van der Waals surface area contributed by atoms with Crippen LogP contribution in [0.5, 0.6) is 0 Å². The Bertz CT molecular complexity index is 695. The van der Waals surface area contributed by atoms with Gasteiger partial charge in [0.1, 0.15) is 0 Å². The molecule has 0 aliphatic carbocycles. The first-order valence-electron chi connectivity index (χ1n) is 8.02. The summed E-state index contributed by atoms with van der Waals surface area (Å²) in [6.07, 6.45) is 3.66. The van der Waals surface area contributed by atoms with E-state index in [2.05, 4.69) is 56.9 Å². The van der Waals surface area contributed by atoms with Gasteiger partial charge in [0.15, 0.2) is 5.16 Å². The molecule has 0 saturated carbocycles. The lowest BCUT2D eigenvalue weighted by atomic mass is 10.1. The maximum Gasteiger partial charge on any atom is 0.232 e. The van der Waals surface area contributed by atoms with Gasteiger partial charge >= 0.3 is 0 Å². The Hall–Kier alpha value is -2.00. The van der Waals surface area contributed by atoms with Crippen molar-refractivity contribution in [3.63, 3.8) is 0 Å². The number of nitriles is 1. The molecule has 1 fully saturated rings. The van der Waals surface area contributed by atoms with Crippen molar-refractivity contribution in [3.8, 4) is 11.8 Å². The van der Waals surface area contributed by atoms with Gasteiger partial charge in [-0.2, -0.15) is 5.26 Å². The minimum absolute atomic E-state index is 0.155. The lowest BCUT2D eigenvalue weighted by Gasteiger charge is -2.27. The summed E-state index contributed by atoms with van der Waals surface area (Å²) in [5.74, 6) is 0.890. The van der Waals surface area contributed by atoms with Crippen molar-refractivity contribution in [1.29, 1.82) is 5.26 Å². The maximum absolute atomic E-state index is 9.11. The van der Waals surface area contributed by atoms with Gasteiger partial charge in [0, 0.05) is 13.1 Å². The van der Waals surface area contributed by atoms with E-state index in [0.29, 0.717) is 0 Å². The van der Waals surface area contributed by atoms with E-state index in [-0.39, 0.29) is 5.25 Å². The highest BCUT2D eigenvalue weighted by Crippen LogP contribution is 2.30. The van der Waals surface area contributed by atoms with E-state index in [0.717, 1.165) is 29.9 Å². The summed E-state index contributed by atoms with van der Waals surface area (Å²) in [5, 5.41) is 18.5. The average Bonchev–Trinajstić information content (AvgIpc) is 3.00. The second kappa shape index (κ2) is 7.05. The molecule has 2 aromatic rings. The smallest absolute Gasteiger partial charge is 0.232 e. The van der Waals surface area contributed by atoms with Crippen molar-refractivity contribution in [2.45, 2.75) is 43.5 Å². The molecule has 2 heterocycles. The number of hydrogen-bond donors (Lipinski definition) is 0. The molecule has 1 saturated heterocycles. The highest BCUT2D eigenvalue weighted by molar-refractivity contribution is 8.00. The number of nitrogens with zero attached hydrogens (tertiary/aromatic N) is 5. The summed E-state index contributed by atoms with van der Waals surface area (Å²) in [5.41, 5.74) is 2.27. The average molecular weight is 327 g/mol. The summed E-state index contributed by atoms with van der Waals surface area (Å²) < 4.78 is 2.09. The van der Waals surface area contributed by atoms with E-state index < -0.39 is 0 Å². The van der Waals surface area contributed by atoms with E-state index in [1.54, 1.807) is 0 Å². The molecule has 3 rings (SSSR count). The minimum atomic E-state index is -0.155. The lowest BCUT2D eigenvalue weighted by molar-refractivity contribution is 0.564. The van der Waals surface area contributed by atoms with Crippen molar-refractivity contribution in [3.05, 3.63) is 29.8 Å². The first-order chi connectivity index (χ1) is 11.2. The van der Waals surface area contributed by atoms with Crippen molar-refractivity contribution >= 4 is 17.7 Å². The van der Waals surface area contributed by atoms with E-state index in [4.69, 9.17) is 5.26 Å². The molecule has 0 spiro atoms. The Balaban J connectivity index is 2.02. The number of benzene rings is 1. The molecule has 1 aliphatic heterocycles. The molecule has 0 amide bonds. The van der Waals surface area contributed by atoms with Crippen LogP contribution in [0.15, 0.2) is 29.4 Å². The third-order valence-corrected chi connectivity index (χ3v) is 4.95. The predicted octanol–water partition coefficient (Wildman–Crippen LogP) is 3.57. The molecule has 1 aliphatic rings. The van der Waals surface area contributed by atoms with Crippen molar-refractivity contribution < 1.29 is 0 Å². The van der Waals surface area contributed by atoms with E-state index >= 15 is 0 Å². The van der Waals surface area contributed by atoms with Crippen LogP contribution in [0.1, 0.15) is 31.7 Å². The molecule has 1 atom stereocenters. The lowest BCUT2D eigenvalue weighted by Crippen LogP contribution is -2.31. The summed E-state index contributed by atoms with van der Waals surface area (Å²) in [6, 6.07) is 10.6. The van der Waals surface area contributed by atoms with Crippen LogP contribution in [0.2, 0.25) is 0 Å². The van der Waals surface area contributed by atoms with Crippen LogP contribution in [0.4, 0.5) is 5.95 Å². The molecule has 5 nitrogen and oxygen atoms in total. The highest BCUT2D eigenvalue weighted by atomic mass is 32.2. The first kappa shape index (κ1) is 15.9. The number of anilines is 1. The van der Waals surface area contributed by atoms with Crippen LogP contribution in [0.25, 0.3) is 5.69 Å². The molecule has 1 aromatic carbocycles. The number of aromatic nitrogens is 3. The molecule has 0 unspecified atom stereocenters. The number of hydrogen-bond acceptors (Lipinski definition) is 5. The summed E-state index contributed by atoms with van der Waals surface area (Å²) in [6.45, 7) is 6.00. The van der Waals surface area contributed by atoms with Gasteiger partial charge in [-0.25, -0.2) is 0 Å². The zero-order valence-electron chi connectivity index (χ0n) is 13.6. The third kappa shape index (κ3) is 3.50. The largest absolute Gasteiger partial charge is 0.341 e. The normalized spacial score (nSPS) is 16.1. The fourth-order valence-corrected chi connectivity index (χ4v) is 3.49. The summed E-state index contributed by atoms with van der Waals surface area (Å²) in [7, 11) is 0. The van der Waals surface area contributed by atoms with Crippen LogP contribution in [-0.4, -0.2) is 33.1 Å². The third-order valence-electron chi connectivity index (χ3n) is 4.01. The first-order valence-corrected chi connectivity index (χ1v) is 8.90. The zero-order chi connectivity index (χ0) is 16.2. The number of rotatable bonds is 4. The number of piperidine rings is 1. The van der Waals surface area contributed by atoms with Gasteiger partial charge < -0.3 is 4.90 Å². The molecular weight excluding hydrogens is 306 g/mol. The van der Waals surface area contributed by atoms with Crippen LogP contribution in [0, 0.1) is 18.3 Å². The minimum Gasteiger partial charge on any atom is -0.341 e. The SMILES string of the molecule is Cc1ccc(-n2c(S[C@@H](C)C#N)nnc2N2CCCCC2)cc1. The Labute approximate surface area is 141 Å². The molecule has 0 radical (unpaired) electrons. The van der Waals surface area contributed by atoms with Crippen LogP contribution in [-0.2, 0) is 0 Å². The second-order valence-corrected chi connectivity index (χ2v) is 7.20. The van der Waals surface area contributed by atoms with E-state index in [1.807, 2.05) is 6.92 Å². The molecule has 1 aromatic heterocycles. The van der Waals surface area contributed by atoms with Gasteiger partial charge in [-0.05, 0) is 45.2 Å². The summed E-state index contributed by atoms with van der Waals surface area (Å²) in [4.78, 5) is 2.30. The topological polar surface area (TPSA) is 57.7 Å². The van der Waals surface area contributed by atoms with Crippen LogP contribution < -0.4 is 4.90 Å². The quantitative estimate of drug-likeness (QED) is 0.804. The maximum atomic E-state index is 9.11. The predicted molar refractivity (Wildman–Crippen MR) is 93.1 cm³/mol. The highest BCUT2D eigenvalue weighted by Gasteiger charge is 2.22. The van der Waals surface area contributed by atoms with Gasteiger partial charge in [-0.3, -0.25) is 4.57 Å². The van der Waals surface area contributed by atoms with E-state index in [9.17, 15) is 0 Å². The molecule has 0 N–H and O–H groups in total. The van der Waals surface area contributed by atoms with E-state index in [1.165, 1.54) is 36.6 Å². The summed E-state index contributed by atoms with van der Waals surface area (Å²) >= 11 is 1.46. The van der Waals surface area contributed by atoms with Gasteiger partial charge in [0.2, 0.25) is 5.95 Å². The molecule has 23 heavy (non-hydrogen) atoms. The molecule has 6 heteroatoms. The molecule has 0 bridgehead atoms.